The molecule has 0 saturated heterocycles. The van der Waals surface area contributed by atoms with Gasteiger partial charge in [-0.3, -0.25) is 4.79 Å². The number of halogens is 1. The van der Waals surface area contributed by atoms with E-state index in [2.05, 4.69) is 10.6 Å². The summed E-state index contributed by atoms with van der Waals surface area (Å²) in [7, 11) is 0. The predicted octanol–water partition coefficient (Wildman–Crippen LogP) is 1.97. The number of carbonyl (C=O) groups excluding carboxylic acids is 1. The molecule has 1 aromatic carbocycles. The third kappa shape index (κ3) is 3.37. The van der Waals surface area contributed by atoms with E-state index < -0.39 is 0 Å². The molecule has 0 atom stereocenters. The molecule has 0 heterocycles. The van der Waals surface area contributed by atoms with Gasteiger partial charge in [-0.25, -0.2) is 4.39 Å². The largest absolute Gasteiger partial charge is 0.354 e. The maximum absolute atomic E-state index is 13.3. The Labute approximate surface area is 118 Å². The minimum atomic E-state index is -0.203. The second-order valence-corrected chi connectivity index (χ2v) is 6.14. The van der Waals surface area contributed by atoms with Crippen molar-refractivity contribution in [1.29, 1.82) is 0 Å². The van der Waals surface area contributed by atoms with E-state index in [9.17, 15) is 9.18 Å². The Hall–Kier alpha value is -1.42. The predicted molar refractivity (Wildman–Crippen MR) is 75.9 cm³/mol. The van der Waals surface area contributed by atoms with Gasteiger partial charge >= 0.3 is 0 Å². The normalized spacial score (nSPS) is 19.6. The fourth-order valence-corrected chi connectivity index (χ4v) is 2.58. The molecule has 0 spiro atoms. The zero-order valence-corrected chi connectivity index (χ0v) is 11.6. The number of carbonyl (C=O) groups is 1. The molecule has 2 N–H and O–H groups in total. The maximum atomic E-state index is 13.3. The Kier molecular flexibility index (Phi) is 3.74. The third-order valence-corrected chi connectivity index (χ3v) is 4.33. The Morgan fingerprint density at radius 3 is 2.80 bits per heavy atom. The Balaban J connectivity index is 1.46. The number of hydrogen-bond donors (Lipinski definition) is 2. The maximum Gasteiger partial charge on any atom is 0.233 e. The van der Waals surface area contributed by atoms with Crippen LogP contribution in [0.1, 0.15) is 31.2 Å². The molecule has 2 fully saturated rings. The summed E-state index contributed by atoms with van der Waals surface area (Å²) < 4.78 is 13.3. The summed E-state index contributed by atoms with van der Waals surface area (Å²) in [5.41, 5.74) is 0.970. The van der Waals surface area contributed by atoms with Gasteiger partial charge in [-0.2, -0.15) is 0 Å². The Morgan fingerprint density at radius 2 is 2.15 bits per heavy atom. The molecule has 3 rings (SSSR count). The van der Waals surface area contributed by atoms with Crippen LogP contribution in [0.5, 0.6) is 0 Å². The zero-order valence-electron chi connectivity index (χ0n) is 11.6. The molecule has 3 nitrogen and oxygen atoms in total. The van der Waals surface area contributed by atoms with E-state index in [-0.39, 0.29) is 17.1 Å². The highest BCUT2D eigenvalue weighted by Crippen LogP contribution is 2.47. The van der Waals surface area contributed by atoms with Gasteiger partial charge in [-0.15, -0.1) is 0 Å². The van der Waals surface area contributed by atoms with Crippen LogP contribution < -0.4 is 10.6 Å². The summed E-state index contributed by atoms with van der Waals surface area (Å²) in [6.07, 6.45) is 4.62. The fourth-order valence-electron chi connectivity index (χ4n) is 2.58. The lowest BCUT2D eigenvalue weighted by Crippen LogP contribution is -2.38. The number of hydrogen-bond acceptors (Lipinski definition) is 2. The number of amides is 1. The van der Waals surface area contributed by atoms with Crippen LogP contribution in [0.25, 0.3) is 0 Å². The first-order valence-electron chi connectivity index (χ1n) is 7.41. The van der Waals surface area contributed by atoms with E-state index in [1.807, 2.05) is 6.07 Å². The molecular formula is C16H21FN2O. The summed E-state index contributed by atoms with van der Waals surface area (Å²) in [5, 5.41) is 6.15. The average Bonchev–Trinajstić information content (AvgIpc) is 3.32. The lowest BCUT2D eigenvalue weighted by Gasteiger charge is -2.17. The summed E-state index contributed by atoms with van der Waals surface area (Å²) in [6.45, 7) is 1.94. The molecule has 0 aliphatic heterocycles. The van der Waals surface area contributed by atoms with E-state index in [4.69, 9.17) is 0 Å². The Morgan fingerprint density at radius 1 is 1.35 bits per heavy atom. The van der Waals surface area contributed by atoms with Gasteiger partial charge in [0, 0.05) is 12.0 Å². The topological polar surface area (TPSA) is 41.1 Å². The van der Waals surface area contributed by atoms with Crippen LogP contribution >= 0.6 is 0 Å². The van der Waals surface area contributed by atoms with Gasteiger partial charge < -0.3 is 10.6 Å². The summed E-state index contributed by atoms with van der Waals surface area (Å²) >= 11 is 0. The fraction of sp³-hybridized carbons (Fsp3) is 0.562. The highest BCUT2D eigenvalue weighted by atomic mass is 19.1. The summed E-state index contributed by atoms with van der Waals surface area (Å²) in [5.74, 6) is 0.615. The van der Waals surface area contributed by atoms with E-state index in [1.54, 1.807) is 12.1 Å². The highest BCUT2D eigenvalue weighted by Gasteiger charge is 2.44. The van der Waals surface area contributed by atoms with E-state index in [0.29, 0.717) is 13.1 Å². The van der Waals surface area contributed by atoms with Gasteiger partial charge in [0.05, 0.1) is 6.54 Å². The number of nitrogens with one attached hydrogen (secondary N) is 2. The van der Waals surface area contributed by atoms with Crippen molar-refractivity contribution >= 4 is 5.91 Å². The molecular weight excluding hydrogens is 255 g/mol. The van der Waals surface area contributed by atoms with Crippen molar-refractivity contribution in [3.8, 4) is 0 Å². The molecule has 1 amide bonds. The van der Waals surface area contributed by atoms with Crippen LogP contribution in [0.3, 0.4) is 0 Å². The standard InChI is InChI=1S/C16H21FN2O/c17-14-3-1-2-13(8-14)16(6-7-16)11-19-15(20)10-18-9-12-4-5-12/h1-3,8,12,18H,4-7,9-11H2,(H,19,20). The van der Waals surface area contributed by atoms with Gasteiger partial charge in [-0.1, -0.05) is 12.1 Å². The molecule has 2 saturated carbocycles. The quantitative estimate of drug-likeness (QED) is 0.799. The van der Waals surface area contributed by atoms with Crippen molar-refractivity contribution in [2.24, 2.45) is 5.92 Å². The van der Waals surface area contributed by atoms with Crippen LogP contribution in [-0.2, 0) is 10.2 Å². The van der Waals surface area contributed by atoms with Gasteiger partial charge in [0.25, 0.3) is 0 Å². The molecule has 20 heavy (non-hydrogen) atoms. The molecule has 1 aromatic rings. The molecule has 108 valence electrons. The van der Waals surface area contributed by atoms with Crippen LogP contribution in [0, 0.1) is 11.7 Å². The summed E-state index contributed by atoms with van der Waals surface area (Å²) in [4.78, 5) is 11.8. The van der Waals surface area contributed by atoms with Gasteiger partial charge in [-0.05, 0) is 55.8 Å². The van der Waals surface area contributed by atoms with Crippen LogP contribution in [0.4, 0.5) is 4.39 Å². The van der Waals surface area contributed by atoms with Crippen molar-refractivity contribution in [2.45, 2.75) is 31.1 Å². The van der Waals surface area contributed by atoms with E-state index in [0.717, 1.165) is 30.9 Å². The molecule has 0 aromatic heterocycles. The van der Waals surface area contributed by atoms with Crippen LogP contribution in [0.15, 0.2) is 24.3 Å². The van der Waals surface area contributed by atoms with Crippen molar-refractivity contribution in [3.05, 3.63) is 35.6 Å². The Bertz CT molecular complexity index is 495. The first-order chi connectivity index (χ1) is 9.68. The van der Waals surface area contributed by atoms with Crippen molar-refractivity contribution in [3.63, 3.8) is 0 Å². The SMILES string of the molecule is O=C(CNCC1CC1)NCC1(c2cccc(F)c2)CC1. The molecule has 2 aliphatic carbocycles. The summed E-state index contributed by atoms with van der Waals surface area (Å²) in [6, 6.07) is 6.74. The molecule has 2 aliphatic rings. The van der Waals surface area contributed by atoms with Gasteiger partial charge in [0.15, 0.2) is 0 Å². The number of benzene rings is 1. The molecule has 0 radical (unpaired) electrons. The minimum absolute atomic E-state index is 0.0335. The lowest BCUT2D eigenvalue weighted by molar-refractivity contribution is -0.120. The molecule has 0 unspecified atom stereocenters. The second-order valence-electron chi connectivity index (χ2n) is 6.14. The highest BCUT2D eigenvalue weighted by molar-refractivity contribution is 5.78. The lowest BCUT2D eigenvalue weighted by atomic mass is 9.96. The molecule has 0 bridgehead atoms. The second kappa shape index (κ2) is 5.52. The van der Waals surface area contributed by atoms with Crippen molar-refractivity contribution < 1.29 is 9.18 Å². The number of rotatable bonds is 7. The van der Waals surface area contributed by atoms with Gasteiger partial charge in [0.2, 0.25) is 5.91 Å². The van der Waals surface area contributed by atoms with Crippen LogP contribution in [-0.4, -0.2) is 25.5 Å². The van der Waals surface area contributed by atoms with Crippen LogP contribution in [0.2, 0.25) is 0 Å². The van der Waals surface area contributed by atoms with E-state index in [1.165, 1.54) is 18.9 Å². The monoisotopic (exact) mass is 276 g/mol. The van der Waals surface area contributed by atoms with Crippen molar-refractivity contribution in [2.75, 3.05) is 19.6 Å². The van der Waals surface area contributed by atoms with Crippen molar-refractivity contribution in [1.82, 2.24) is 10.6 Å². The van der Waals surface area contributed by atoms with E-state index >= 15 is 0 Å². The molecule has 4 heteroatoms. The van der Waals surface area contributed by atoms with Gasteiger partial charge in [0.1, 0.15) is 5.82 Å². The smallest absolute Gasteiger partial charge is 0.233 e. The average molecular weight is 276 g/mol. The first kappa shape index (κ1) is 13.6. The third-order valence-electron chi connectivity index (χ3n) is 4.33. The zero-order chi connectivity index (χ0) is 14.0. The first-order valence-corrected chi connectivity index (χ1v) is 7.41. The minimum Gasteiger partial charge on any atom is -0.354 e.